The van der Waals surface area contributed by atoms with E-state index in [2.05, 4.69) is 20.2 Å². The van der Waals surface area contributed by atoms with Crippen LogP contribution in [0.15, 0.2) is 71.4 Å². The lowest BCUT2D eigenvalue weighted by Crippen LogP contribution is -2.39. The number of fused-ring (bicyclic) bond motifs is 1. The summed E-state index contributed by atoms with van der Waals surface area (Å²) in [7, 11) is -3.07. The van der Waals surface area contributed by atoms with Crippen LogP contribution in [0.3, 0.4) is 0 Å². The van der Waals surface area contributed by atoms with E-state index in [4.69, 9.17) is 4.42 Å². The monoisotopic (exact) mass is 461 g/mol. The standard InChI is InChI=1S/C23H16FN5O3S/c24-16-8-6-15(7-9-16)20-22(28-29(27-20)17-11-33(30,31)12-17)21-18-10-19(14-4-2-1-3-5-14)32-23(18)26-13-25-21/h1-10,13,17H,11-12H2. The molecule has 0 aliphatic carbocycles. The molecule has 1 aliphatic rings. The van der Waals surface area contributed by atoms with Crippen LogP contribution in [0, 0.1) is 5.82 Å². The van der Waals surface area contributed by atoms with E-state index in [0.717, 1.165) is 5.56 Å². The van der Waals surface area contributed by atoms with Gasteiger partial charge < -0.3 is 4.42 Å². The number of sulfone groups is 1. The fourth-order valence-corrected chi connectivity index (χ4v) is 5.25. The van der Waals surface area contributed by atoms with Crippen molar-refractivity contribution in [2.24, 2.45) is 0 Å². The van der Waals surface area contributed by atoms with Crippen LogP contribution in [0.4, 0.5) is 4.39 Å². The van der Waals surface area contributed by atoms with E-state index in [-0.39, 0.29) is 23.4 Å². The Bertz CT molecular complexity index is 1580. The molecule has 4 heterocycles. The highest BCUT2D eigenvalue weighted by Gasteiger charge is 2.37. The Morgan fingerprint density at radius 1 is 0.879 bits per heavy atom. The Balaban J connectivity index is 1.53. The molecule has 0 atom stereocenters. The molecule has 0 amide bonds. The molecule has 1 aliphatic heterocycles. The summed E-state index contributed by atoms with van der Waals surface area (Å²) in [6, 6.07) is 17.0. The highest BCUT2D eigenvalue weighted by Crippen LogP contribution is 2.36. The predicted molar refractivity (Wildman–Crippen MR) is 119 cm³/mol. The highest BCUT2D eigenvalue weighted by molar-refractivity contribution is 7.92. The smallest absolute Gasteiger partial charge is 0.230 e. The lowest BCUT2D eigenvalue weighted by Gasteiger charge is -2.24. The van der Waals surface area contributed by atoms with Crippen molar-refractivity contribution in [2.75, 3.05) is 11.5 Å². The van der Waals surface area contributed by atoms with Crippen LogP contribution < -0.4 is 0 Å². The summed E-state index contributed by atoms with van der Waals surface area (Å²) in [5.74, 6) is 0.220. The van der Waals surface area contributed by atoms with Crippen molar-refractivity contribution in [1.29, 1.82) is 0 Å². The van der Waals surface area contributed by atoms with E-state index in [1.165, 1.54) is 23.3 Å². The molecule has 5 aromatic rings. The molecule has 0 saturated carbocycles. The minimum Gasteiger partial charge on any atom is -0.438 e. The second kappa shape index (κ2) is 7.31. The maximum atomic E-state index is 13.5. The Kier molecular flexibility index (Phi) is 4.37. The molecular formula is C23H16FN5O3S. The third-order valence-electron chi connectivity index (χ3n) is 5.58. The van der Waals surface area contributed by atoms with Crippen molar-refractivity contribution in [3.63, 3.8) is 0 Å². The molecule has 1 fully saturated rings. The van der Waals surface area contributed by atoms with Crippen molar-refractivity contribution in [2.45, 2.75) is 6.04 Å². The van der Waals surface area contributed by atoms with Gasteiger partial charge in [-0.25, -0.2) is 22.8 Å². The van der Waals surface area contributed by atoms with Gasteiger partial charge in [0.05, 0.1) is 22.9 Å². The molecule has 0 radical (unpaired) electrons. The Labute approximate surface area is 187 Å². The largest absolute Gasteiger partial charge is 0.438 e. The molecule has 33 heavy (non-hydrogen) atoms. The molecule has 0 N–H and O–H groups in total. The zero-order valence-electron chi connectivity index (χ0n) is 17.1. The number of aromatic nitrogens is 5. The average molecular weight is 461 g/mol. The minimum atomic E-state index is -3.07. The average Bonchev–Trinajstić information content (AvgIpc) is 3.43. The van der Waals surface area contributed by atoms with Gasteiger partial charge in [0.2, 0.25) is 5.71 Å². The number of benzene rings is 2. The molecule has 10 heteroatoms. The van der Waals surface area contributed by atoms with Crippen LogP contribution >= 0.6 is 0 Å². The van der Waals surface area contributed by atoms with Crippen molar-refractivity contribution in [3.8, 4) is 34.0 Å². The molecule has 0 bridgehead atoms. The van der Waals surface area contributed by atoms with Gasteiger partial charge >= 0.3 is 0 Å². The quantitative estimate of drug-likeness (QED) is 0.399. The molecule has 1 saturated heterocycles. The Hall–Kier alpha value is -3.92. The van der Waals surface area contributed by atoms with Gasteiger partial charge in [-0.15, -0.1) is 0 Å². The first-order valence-electron chi connectivity index (χ1n) is 10.2. The van der Waals surface area contributed by atoms with Crippen molar-refractivity contribution in [1.82, 2.24) is 25.0 Å². The summed E-state index contributed by atoms with van der Waals surface area (Å²) in [6.45, 7) is 0. The third-order valence-corrected chi connectivity index (χ3v) is 7.36. The van der Waals surface area contributed by atoms with E-state index in [9.17, 15) is 12.8 Å². The first-order chi connectivity index (χ1) is 16.0. The third kappa shape index (κ3) is 3.48. The molecule has 164 valence electrons. The number of halogens is 1. The minimum absolute atomic E-state index is 0.0208. The number of rotatable bonds is 4. The normalized spacial score (nSPS) is 15.5. The zero-order chi connectivity index (χ0) is 22.6. The van der Waals surface area contributed by atoms with Gasteiger partial charge in [0.15, 0.2) is 9.84 Å². The lowest BCUT2D eigenvalue weighted by molar-refractivity contribution is 0.430. The highest BCUT2D eigenvalue weighted by atomic mass is 32.2. The Morgan fingerprint density at radius 2 is 1.61 bits per heavy atom. The van der Waals surface area contributed by atoms with Crippen LogP contribution in [0.1, 0.15) is 6.04 Å². The molecule has 8 nitrogen and oxygen atoms in total. The fourth-order valence-electron chi connectivity index (χ4n) is 3.91. The zero-order valence-corrected chi connectivity index (χ0v) is 17.9. The SMILES string of the molecule is O=S1(=O)CC(n2nc(-c3ccc(F)cc3)c(-c3ncnc4oc(-c5ccccc5)cc34)n2)C1. The van der Waals surface area contributed by atoms with Gasteiger partial charge in [0.25, 0.3) is 0 Å². The first kappa shape index (κ1) is 19.7. The molecule has 2 aromatic carbocycles. The maximum Gasteiger partial charge on any atom is 0.230 e. The van der Waals surface area contributed by atoms with E-state index in [1.54, 1.807) is 12.1 Å². The van der Waals surface area contributed by atoms with E-state index in [1.807, 2.05) is 36.4 Å². The van der Waals surface area contributed by atoms with Gasteiger partial charge in [-0.3, -0.25) is 0 Å². The molecule has 6 rings (SSSR count). The summed E-state index contributed by atoms with van der Waals surface area (Å²) >= 11 is 0. The summed E-state index contributed by atoms with van der Waals surface area (Å²) in [5.41, 5.74) is 3.34. The van der Waals surface area contributed by atoms with Crippen LogP contribution in [0.2, 0.25) is 0 Å². The molecule has 0 unspecified atom stereocenters. The predicted octanol–water partition coefficient (Wildman–Crippen LogP) is 3.92. The van der Waals surface area contributed by atoms with Gasteiger partial charge in [-0.05, 0) is 30.3 Å². The molecule has 3 aromatic heterocycles. The summed E-state index contributed by atoms with van der Waals surface area (Å²) in [5, 5.41) is 9.83. The van der Waals surface area contributed by atoms with Crippen LogP contribution in [-0.4, -0.2) is 44.9 Å². The lowest BCUT2D eigenvalue weighted by atomic mass is 10.1. The number of hydrogen-bond donors (Lipinski definition) is 0. The topological polar surface area (TPSA) is 104 Å². The van der Waals surface area contributed by atoms with Crippen LogP contribution in [0.25, 0.3) is 45.1 Å². The first-order valence-corrected chi connectivity index (χ1v) is 12.0. The molecular weight excluding hydrogens is 445 g/mol. The van der Waals surface area contributed by atoms with Gasteiger partial charge in [-0.1, -0.05) is 30.3 Å². The van der Waals surface area contributed by atoms with Crippen molar-refractivity contribution in [3.05, 3.63) is 72.8 Å². The second-order valence-corrected chi connectivity index (χ2v) is 10.0. The summed E-state index contributed by atoms with van der Waals surface area (Å²) in [4.78, 5) is 10.1. The van der Waals surface area contributed by atoms with Gasteiger partial charge in [0.1, 0.15) is 35.0 Å². The summed E-state index contributed by atoms with van der Waals surface area (Å²) < 4.78 is 42.9. The van der Waals surface area contributed by atoms with Crippen LogP contribution in [-0.2, 0) is 9.84 Å². The number of hydrogen-bond acceptors (Lipinski definition) is 7. The summed E-state index contributed by atoms with van der Waals surface area (Å²) in [6.07, 6.45) is 1.39. The van der Waals surface area contributed by atoms with E-state index in [0.29, 0.717) is 39.5 Å². The molecule has 0 spiro atoms. The van der Waals surface area contributed by atoms with Crippen LogP contribution in [0.5, 0.6) is 0 Å². The van der Waals surface area contributed by atoms with Crippen molar-refractivity contribution < 1.29 is 17.2 Å². The number of nitrogens with zero attached hydrogens (tertiary/aromatic N) is 5. The fraction of sp³-hybridized carbons (Fsp3) is 0.130. The maximum absolute atomic E-state index is 13.5. The van der Waals surface area contributed by atoms with E-state index >= 15 is 0 Å². The van der Waals surface area contributed by atoms with Gasteiger partial charge in [0, 0.05) is 11.1 Å². The van der Waals surface area contributed by atoms with E-state index < -0.39 is 9.84 Å². The Morgan fingerprint density at radius 3 is 2.33 bits per heavy atom. The second-order valence-electron chi connectivity index (χ2n) is 7.87. The van der Waals surface area contributed by atoms with Gasteiger partial charge in [-0.2, -0.15) is 15.0 Å². The van der Waals surface area contributed by atoms with Crippen molar-refractivity contribution >= 4 is 20.9 Å². The number of furan rings is 1.